The quantitative estimate of drug-likeness (QED) is 0.460. The molecule has 0 N–H and O–H groups in total. The fourth-order valence-corrected chi connectivity index (χ4v) is 1.67. The van der Waals surface area contributed by atoms with Crippen LogP contribution in [-0.2, 0) is 11.4 Å². The van der Waals surface area contributed by atoms with Crippen molar-refractivity contribution in [1.82, 2.24) is 0 Å². The number of hydrogen-bond donors (Lipinski definition) is 0. The van der Waals surface area contributed by atoms with E-state index in [4.69, 9.17) is 9.47 Å². The van der Waals surface area contributed by atoms with Crippen LogP contribution in [0.15, 0.2) is 48.5 Å². The Morgan fingerprint density at radius 1 is 1.00 bits per heavy atom. The van der Waals surface area contributed by atoms with Crippen molar-refractivity contribution in [2.24, 2.45) is 0 Å². The van der Waals surface area contributed by atoms with Gasteiger partial charge in [-0.15, -0.1) is 0 Å². The van der Waals surface area contributed by atoms with Crippen molar-refractivity contribution >= 4 is 12.1 Å². The zero-order valence-electron chi connectivity index (χ0n) is 11.0. The highest BCUT2D eigenvalue weighted by Crippen LogP contribution is 2.16. The smallest absolute Gasteiger partial charge is 0.225 e. The molecule has 102 valence electrons. The molecule has 0 bridgehead atoms. The van der Waals surface area contributed by atoms with Crippen LogP contribution in [0.4, 0.5) is 0 Å². The highest BCUT2D eigenvalue weighted by atomic mass is 16.5. The van der Waals surface area contributed by atoms with E-state index in [2.05, 4.69) is 0 Å². The Balaban J connectivity index is 1.96. The van der Waals surface area contributed by atoms with Gasteiger partial charge in [-0.2, -0.15) is 0 Å². The first-order valence-electron chi connectivity index (χ1n) is 6.08. The lowest BCUT2D eigenvalue weighted by Crippen LogP contribution is -2.00. The monoisotopic (exact) mass is 270 g/mol. The first-order valence-corrected chi connectivity index (χ1v) is 6.08. The molecule has 4 heteroatoms. The molecule has 0 fully saturated rings. The molecule has 20 heavy (non-hydrogen) atoms. The molecule has 0 aromatic heterocycles. The average Bonchev–Trinajstić information content (AvgIpc) is 2.53. The molecular formula is C16H14O4. The Kier molecular flexibility index (Phi) is 4.50. The van der Waals surface area contributed by atoms with Crippen LogP contribution in [0.2, 0.25) is 0 Å². The molecule has 0 atom stereocenters. The summed E-state index contributed by atoms with van der Waals surface area (Å²) in [7, 11) is 1.62. The van der Waals surface area contributed by atoms with Gasteiger partial charge in [-0.05, 0) is 42.0 Å². The second-order valence-electron chi connectivity index (χ2n) is 4.14. The van der Waals surface area contributed by atoms with Crippen LogP contribution in [0.25, 0.3) is 0 Å². The van der Waals surface area contributed by atoms with Crippen molar-refractivity contribution in [2.75, 3.05) is 7.11 Å². The van der Waals surface area contributed by atoms with Crippen molar-refractivity contribution < 1.29 is 19.1 Å². The van der Waals surface area contributed by atoms with Gasteiger partial charge in [0, 0.05) is 5.56 Å². The molecule has 2 aromatic rings. The summed E-state index contributed by atoms with van der Waals surface area (Å²) in [4.78, 5) is 21.5. The van der Waals surface area contributed by atoms with Gasteiger partial charge in [0.1, 0.15) is 18.1 Å². The normalized spacial score (nSPS) is 9.85. The molecule has 4 nitrogen and oxygen atoms in total. The molecule has 0 saturated heterocycles. The van der Waals surface area contributed by atoms with E-state index in [1.54, 1.807) is 31.4 Å². The Hall–Kier alpha value is -2.62. The van der Waals surface area contributed by atoms with Gasteiger partial charge < -0.3 is 9.47 Å². The van der Waals surface area contributed by atoms with E-state index >= 15 is 0 Å². The molecule has 0 amide bonds. The first kappa shape index (κ1) is 13.8. The molecule has 0 aliphatic carbocycles. The highest BCUT2D eigenvalue weighted by Gasteiger charge is 2.03. The van der Waals surface area contributed by atoms with Crippen LogP contribution in [0, 0.1) is 0 Å². The molecule has 0 aliphatic heterocycles. The van der Waals surface area contributed by atoms with Crippen LogP contribution in [-0.4, -0.2) is 19.2 Å². The molecule has 2 aromatic carbocycles. The summed E-state index contributed by atoms with van der Waals surface area (Å²) >= 11 is 0. The van der Waals surface area contributed by atoms with Crippen LogP contribution >= 0.6 is 0 Å². The van der Waals surface area contributed by atoms with E-state index < -0.39 is 5.78 Å². The summed E-state index contributed by atoms with van der Waals surface area (Å²) in [5.74, 6) is 0.903. The van der Waals surface area contributed by atoms with Gasteiger partial charge in [0.2, 0.25) is 5.78 Å². The lowest BCUT2D eigenvalue weighted by molar-refractivity contribution is -0.104. The number of aldehydes is 1. The van der Waals surface area contributed by atoms with E-state index in [9.17, 15) is 9.59 Å². The summed E-state index contributed by atoms with van der Waals surface area (Å²) in [6.07, 6.45) is 0.299. The number of ketones is 1. The number of hydrogen-bond acceptors (Lipinski definition) is 4. The van der Waals surface area contributed by atoms with Crippen molar-refractivity contribution in [3.05, 3.63) is 59.7 Å². The molecule has 0 spiro atoms. The van der Waals surface area contributed by atoms with Crippen LogP contribution in [0.3, 0.4) is 0 Å². The van der Waals surface area contributed by atoms with Gasteiger partial charge in [-0.1, -0.05) is 12.1 Å². The Morgan fingerprint density at radius 3 is 2.15 bits per heavy atom. The van der Waals surface area contributed by atoms with Crippen molar-refractivity contribution in [3.8, 4) is 11.5 Å². The van der Waals surface area contributed by atoms with E-state index in [0.29, 0.717) is 24.2 Å². The summed E-state index contributed by atoms with van der Waals surface area (Å²) in [6.45, 7) is 0.422. The van der Waals surface area contributed by atoms with Gasteiger partial charge in [0.05, 0.1) is 7.11 Å². The topological polar surface area (TPSA) is 52.6 Å². The summed E-state index contributed by atoms with van der Waals surface area (Å²) < 4.78 is 10.7. The van der Waals surface area contributed by atoms with Gasteiger partial charge in [0.25, 0.3) is 0 Å². The standard InChI is InChI=1S/C16H14O4/c1-19-14-6-2-12(3-7-14)11-20-15-8-4-13(5-9-15)16(18)10-17/h2-10H,11H2,1H3. The molecule has 0 unspecified atom stereocenters. The van der Waals surface area contributed by atoms with Gasteiger partial charge in [0.15, 0.2) is 6.29 Å². The third kappa shape index (κ3) is 3.45. The number of Topliss-reactive ketones (excluding diaryl/α,β-unsaturated/α-hetero) is 1. The zero-order valence-corrected chi connectivity index (χ0v) is 11.0. The minimum absolute atomic E-state index is 0.299. The predicted molar refractivity (Wildman–Crippen MR) is 74.2 cm³/mol. The van der Waals surface area contributed by atoms with E-state index in [0.717, 1.165) is 11.3 Å². The molecule has 0 aliphatic rings. The average molecular weight is 270 g/mol. The third-order valence-electron chi connectivity index (χ3n) is 2.81. The van der Waals surface area contributed by atoms with E-state index in [1.807, 2.05) is 24.3 Å². The number of carbonyl (C=O) groups excluding carboxylic acids is 2. The fourth-order valence-electron chi connectivity index (χ4n) is 1.67. The lowest BCUT2D eigenvalue weighted by Gasteiger charge is -2.07. The number of methoxy groups -OCH3 is 1. The SMILES string of the molecule is COc1ccc(COc2ccc(C(=O)C=O)cc2)cc1. The van der Waals surface area contributed by atoms with Crippen LogP contribution in [0.5, 0.6) is 11.5 Å². The number of rotatable bonds is 6. The van der Waals surface area contributed by atoms with Crippen LogP contribution < -0.4 is 9.47 Å². The third-order valence-corrected chi connectivity index (χ3v) is 2.81. The molecular weight excluding hydrogens is 256 g/mol. The predicted octanol–water partition coefficient (Wildman–Crippen LogP) is 2.66. The van der Waals surface area contributed by atoms with Gasteiger partial charge in [-0.3, -0.25) is 9.59 Å². The summed E-state index contributed by atoms with van der Waals surface area (Å²) in [5.41, 5.74) is 1.37. The minimum atomic E-state index is -0.535. The van der Waals surface area contributed by atoms with E-state index in [1.165, 1.54) is 0 Å². The maximum Gasteiger partial charge on any atom is 0.225 e. The minimum Gasteiger partial charge on any atom is -0.497 e. The molecule has 0 radical (unpaired) electrons. The second-order valence-corrected chi connectivity index (χ2v) is 4.14. The molecule has 2 rings (SSSR count). The van der Waals surface area contributed by atoms with Crippen molar-refractivity contribution in [2.45, 2.75) is 6.61 Å². The van der Waals surface area contributed by atoms with Gasteiger partial charge in [-0.25, -0.2) is 0 Å². The van der Waals surface area contributed by atoms with Gasteiger partial charge >= 0.3 is 0 Å². The van der Waals surface area contributed by atoms with E-state index in [-0.39, 0.29) is 0 Å². The number of ether oxygens (including phenoxy) is 2. The van der Waals surface area contributed by atoms with Crippen molar-refractivity contribution in [3.63, 3.8) is 0 Å². The lowest BCUT2D eigenvalue weighted by atomic mass is 10.1. The number of carbonyl (C=O) groups is 2. The fraction of sp³-hybridized carbons (Fsp3) is 0.125. The summed E-state index contributed by atoms with van der Waals surface area (Å²) in [5, 5.41) is 0. The molecule has 0 heterocycles. The maximum atomic E-state index is 11.1. The van der Waals surface area contributed by atoms with Crippen molar-refractivity contribution in [1.29, 1.82) is 0 Å². The summed E-state index contributed by atoms with van der Waals surface area (Å²) in [6, 6.07) is 14.0. The highest BCUT2D eigenvalue weighted by molar-refractivity contribution is 6.33. The molecule has 0 saturated carbocycles. The largest absolute Gasteiger partial charge is 0.497 e. The number of benzene rings is 2. The Morgan fingerprint density at radius 2 is 1.60 bits per heavy atom. The second kappa shape index (κ2) is 6.52. The Bertz CT molecular complexity index is 585. The van der Waals surface area contributed by atoms with Crippen LogP contribution in [0.1, 0.15) is 15.9 Å². The Labute approximate surface area is 116 Å². The zero-order chi connectivity index (χ0) is 14.4. The first-order chi connectivity index (χ1) is 9.72. The maximum absolute atomic E-state index is 11.1.